The van der Waals surface area contributed by atoms with E-state index in [4.69, 9.17) is 20.0 Å². The largest absolute Gasteiger partial charge is 0.497 e. The number of aliphatic imine (C=N–C) groups is 1. The van der Waals surface area contributed by atoms with Crippen LogP contribution in [0.25, 0.3) is 17.2 Å². The summed E-state index contributed by atoms with van der Waals surface area (Å²) in [6, 6.07) is 18.3. The molecule has 0 atom stereocenters. The lowest BCUT2D eigenvalue weighted by molar-refractivity contribution is 0.351. The van der Waals surface area contributed by atoms with Crippen LogP contribution in [-0.2, 0) is 6.42 Å². The lowest BCUT2D eigenvalue weighted by Crippen LogP contribution is -2.43. The van der Waals surface area contributed by atoms with Crippen molar-refractivity contribution in [3.63, 3.8) is 0 Å². The zero-order valence-electron chi connectivity index (χ0n) is 22.2. The van der Waals surface area contributed by atoms with Crippen LogP contribution in [0.3, 0.4) is 0 Å². The first-order chi connectivity index (χ1) is 18.5. The van der Waals surface area contributed by atoms with Gasteiger partial charge in [0.15, 0.2) is 0 Å². The SMILES string of the molecule is COc1cccc(C2=C(C)N=C(C3(C)CCN(c4ncnc5c4C=C(c4ccc(C#N)cc4)C5)CC3)C2)c1. The summed E-state index contributed by atoms with van der Waals surface area (Å²) in [5, 5.41) is 9.12. The molecule has 3 aliphatic rings. The van der Waals surface area contributed by atoms with E-state index in [0.717, 1.165) is 72.9 Å². The molecule has 3 heterocycles. The van der Waals surface area contributed by atoms with Crippen molar-refractivity contribution in [3.05, 3.63) is 88.5 Å². The fraction of sp³-hybridized carbons (Fsp3) is 0.312. The van der Waals surface area contributed by atoms with E-state index >= 15 is 0 Å². The molecule has 0 bridgehead atoms. The summed E-state index contributed by atoms with van der Waals surface area (Å²) in [5.74, 6) is 1.91. The third-order valence-corrected chi connectivity index (χ3v) is 8.37. The van der Waals surface area contributed by atoms with Gasteiger partial charge in [0.05, 0.1) is 24.4 Å². The zero-order chi connectivity index (χ0) is 26.3. The van der Waals surface area contributed by atoms with Crippen molar-refractivity contribution in [2.45, 2.75) is 39.5 Å². The molecule has 0 radical (unpaired) electrons. The first-order valence-electron chi connectivity index (χ1n) is 13.2. The highest BCUT2D eigenvalue weighted by Gasteiger charge is 2.38. The van der Waals surface area contributed by atoms with E-state index in [2.05, 4.69) is 48.0 Å². The summed E-state index contributed by atoms with van der Waals surface area (Å²) < 4.78 is 5.45. The van der Waals surface area contributed by atoms with E-state index in [9.17, 15) is 0 Å². The fourth-order valence-corrected chi connectivity index (χ4v) is 5.89. The molecule has 1 aliphatic carbocycles. The maximum atomic E-state index is 9.12. The predicted molar refractivity (Wildman–Crippen MR) is 152 cm³/mol. The standard InChI is InChI=1S/C32H31N5O/c1-21-27(24-5-4-6-26(15-24)38-3)18-30(36-21)32(2)11-13-37(14-12-32)31-28-16-25(17-29(28)34-20-35-31)23-9-7-22(19-33)8-10-23/h4-10,15-16,20H,11-14,17-18H2,1-3H3. The molecule has 0 saturated carbocycles. The Morgan fingerprint density at radius 2 is 1.79 bits per heavy atom. The van der Waals surface area contributed by atoms with Gasteiger partial charge in [-0.3, -0.25) is 4.99 Å². The quantitative estimate of drug-likeness (QED) is 0.408. The van der Waals surface area contributed by atoms with Gasteiger partial charge in [0.1, 0.15) is 17.9 Å². The van der Waals surface area contributed by atoms with Crippen molar-refractivity contribution in [1.82, 2.24) is 9.97 Å². The van der Waals surface area contributed by atoms with Crippen LogP contribution in [0.2, 0.25) is 0 Å². The highest BCUT2D eigenvalue weighted by atomic mass is 16.5. The second-order valence-electron chi connectivity index (χ2n) is 10.7. The number of fused-ring (bicyclic) bond motifs is 1. The summed E-state index contributed by atoms with van der Waals surface area (Å²) in [7, 11) is 1.71. The molecule has 190 valence electrons. The molecule has 6 nitrogen and oxygen atoms in total. The topological polar surface area (TPSA) is 74.4 Å². The molecule has 0 spiro atoms. The van der Waals surface area contributed by atoms with Gasteiger partial charge in [-0.05, 0) is 72.4 Å². The number of aromatic nitrogens is 2. The summed E-state index contributed by atoms with van der Waals surface area (Å²) in [4.78, 5) is 16.8. The Hall–Kier alpha value is -4.24. The number of allylic oxidation sites excluding steroid dienone is 3. The third-order valence-electron chi connectivity index (χ3n) is 8.37. The predicted octanol–water partition coefficient (Wildman–Crippen LogP) is 6.34. The first-order valence-corrected chi connectivity index (χ1v) is 13.2. The van der Waals surface area contributed by atoms with E-state index in [1.165, 1.54) is 22.4 Å². The number of ether oxygens (including phenoxy) is 1. The number of benzene rings is 2. The normalized spacial score (nSPS) is 18.1. The fourth-order valence-electron chi connectivity index (χ4n) is 5.89. The molecule has 2 aliphatic heterocycles. The average molecular weight is 502 g/mol. The highest BCUT2D eigenvalue weighted by molar-refractivity contribution is 6.03. The number of hydrogen-bond acceptors (Lipinski definition) is 6. The number of anilines is 1. The Labute approximate surface area is 224 Å². The maximum Gasteiger partial charge on any atom is 0.139 e. The molecule has 2 aromatic carbocycles. The van der Waals surface area contributed by atoms with Gasteiger partial charge in [0, 0.05) is 48.3 Å². The second kappa shape index (κ2) is 9.57. The van der Waals surface area contributed by atoms with E-state index in [-0.39, 0.29) is 5.41 Å². The zero-order valence-corrected chi connectivity index (χ0v) is 22.2. The third kappa shape index (κ3) is 4.28. The first kappa shape index (κ1) is 24.1. The van der Waals surface area contributed by atoms with Crippen molar-refractivity contribution in [2.24, 2.45) is 10.4 Å². The minimum atomic E-state index is 0.0675. The minimum Gasteiger partial charge on any atom is -0.497 e. The van der Waals surface area contributed by atoms with E-state index in [1.807, 2.05) is 36.4 Å². The van der Waals surface area contributed by atoms with E-state index in [1.54, 1.807) is 13.4 Å². The van der Waals surface area contributed by atoms with E-state index in [0.29, 0.717) is 5.56 Å². The number of nitrogens with zero attached hydrogens (tertiary/aromatic N) is 5. The number of methoxy groups -OCH3 is 1. The number of piperidine rings is 1. The van der Waals surface area contributed by atoms with Crippen molar-refractivity contribution in [2.75, 3.05) is 25.1 Å². The molecule has 6 heteroatoms. The minimum absolute atomic E-state index is 0.0675. The Bertz CT molecular complexity index is 1530. The van der Waals surface area contributed by atoms with Crippen LogP contribution in [0.4, 0.5) is 5.82 Å². The summed E-state index contributed by atoms with van der Waals surface area (Å²) in [5.41, 5.74) is 10.2. The van der Waals surface area contributed by atoms with Crippen molar-refractivity contribution < 1.29 is 4.74 Å². The Balaban J connectivity index is 1.17. The van der Waals surface area contributed by atoms with Crippen LogP contribution in [0, 0.1) is 16.7 Å². The van der Waals surface area contributed by atoms with Crippen molar-refractivity contribution in [1.29, 1.82) is 5.26 Å². The summed E-state index contributed by atoms with van der Waals surface area (Å²) >= 11 is 0. The summed E-state index contributed by atoms with van der Waals surface area (Å²) in [6.45, 7) is 6.37. The molecule has 0 amide bonds. The second-order valence-corrected chi connectivity index (χ2v) is 10.7. The molecule has 3 aromatic rings. The van der Waals surface area contributed by atoms with Crippen molar-refractivity contribution in [3.8, 4) is 11.8 Å². The molecule has 0 unspecified atom stereocenters. The van der Waals surface area contributed by atoms with Gasteiger partial charge in [-0.15, -0.1) is 0 Å². The number of rotatable bonds is 5. The molecule has 1 saturated heterocycles. The lowest BCUT2D eigenvalue weighted by Gasteiger charge is -2.40. The van der Waals surface area contributed by atoms with Crippen LogP contribution in [0.15, 0.2) is 65.5 Å². The molecular formula is C32H31N5O. The Morgan fingerprint density at radius 3 is 2.53 bits per heavy atom. The van der Waals surface area contributed by atoms with Gasteiger partial charge in [-0.2, -0.15) is 5.26 Å². The van der Waals surface area contributed by atoms with Crippen LogP contribution in [0.5, 0.6) is 5.75 Å². The Kier molecular flexibility index (Phi) is 6.07. The summed E-state index contributed by atoms with van der Waals surface area (Å²) in [6.07, 6.45) is 7.69. The van der Waals surface area contributed by atoms with Crippen LogP contribution < -0.4 is 9.64 Å². The van der Waals surface area contributed by atoms with Gasteiger partial charge in [0.2, 0.25) is 0 Å². The molecule has 38 heavy (non-hydrogen) atoms. The number of hydrogen-bond donors (Lipinski definition) is 0. The van der Waals surface area contributed by atoms with Gasteiger partial charge in [-0.25, -0.2) is 9.97 Å². The molecular weight excluding hydrogens is 470 g/mol. The van der Waals surface area contributed by atoms with Crippen LogP contribution in [0.1, 0.15) is 61.1 Å². The molecule has 1 fully saturated rings. The molecule has 6 rings (SSSR count). The van der Waals surface area contributed by atoms with Crippen molar-refractivity contribution >= 4 is 28.8 Å². The van der Waals surface area contributed by atoms with Gasteiger partial charge in [-0.1, -0.05) is 31.2 Å². The smallest absolute Gasteiger partial charge is 0.139 e. The van der Waals surface area contributed by atoms with E-state index < -0.39 is 0 Å². The molecule has 1 aromatic heterocycles. The van der Waals surface area contributed by atoms with Gasteiger partial charge < -0.3 is 9.64 Å². The van der Waals surface area contributed by atoms with Crippen LogP contribution >= 0.6 is 0 Å². The maximum absolute atomic E-state index is 9.12. The van der Waals surface area contributed by atoms with Gasteiger partial charge in [0.25, 0.3) is 0 Å². The van der Waals surface area contributed by atoms with Gasteiger partial charge >= 0.3 is 0 Å². The monoisotopic (exact) mass is 501 g/mol. The van der Waals surface area contributed by atoms with Crippen LogP contribution in [-0.4, -0.2) is 35.9 Å². The molecule has 0 N–H and O–H groups in total. The Morgan fingerprint density at radius 1 is 1.00 bits per heavy atom. The number of nitriles is 1. The lowest BCUT2D eigenvalue weighted by atomic mass is 9.74. The highest BCUT2D eigenvalue weighted by Crippen LogP contribution is 2.43. The average Bonchev–Trinajstić information content (AvgIpc) is 3.58.